The normalized spacial score (nSPS) is 10.2. The monoisotopic (exact) mass is 156 g/mol. The molecule has 0 bridgehead atoms. The Morgan fingerprint density at radius 2 is 2.50 bits per heavy atom. The first kappa shape index (κ1) is 7.66. The summed E-state index contributed by atoms with van der Waals surface area (Å²) in [6, 6.07) is 2.04. The van der Waals surface area contributed by atoms with E-state index < -0.39 is 0 Å². The molecule has 10 heavy (non-hydrogen) atoms. The van der Waals surface area contributed by atoms with Gasteiger partial charge in [-0.1, -0.05) is 0 Å². The van der Waals surface area contributed by atoms with Gasteiger partial charge in [0.05, 0.1) is 5.69 Å². The molecule has 1 aromatic heterocycles. The summed E-state index contributed by atoms with van der Waals surface area (Å²) in [5.74, 6) is 0.876. The van der Waals surface area contributed by atoms with Crippen molar-refractivity contribution in [2.45, 2.75) is 19.9 Å². The fraction of sp³-hybridized carbons (Fsp3) is 0.571. The number of hydrogen-bond donors (Lipinski definition) is 1. The molecule has 3 heteroatoms. The summed E-state index contributed by atoms with van der Waals surface area (Å²) >= 11 is 4.12. The molecule has 0 atom stereocenters. The van der Waals surface area contributed by atoms with Crippen molar-refractivity contribution in [1.82, 2.24) is 9.78 Å². The average Bonchev–Trinajstić information content (AvgIpc) is 2.37. The summed E-state index contributed by atoms with van der Waals surface area (Å²) in [7, 11) is 0. The van der Waals surface area contributed by atoms with Gasteiger partial charge in [-0.15, -0.1) is 0 Å². The van der Waals surface area contributed by atoms with Gasteiger partial charge in [0.15, 0.2) is 0 Å². The highest BCUT2D eigenvalue weighted by atomic mass is 32.1. The summed E-state index contributed by atoms with van der Waals surface area (Å²) < 4.78 is 1.93. The third-order valence-electron chi connectivity index (χ3n) is 1.39. The zero-order valence-electron chi connectivity index (χ0n) is 6.12. The molecular weight excluding hydrogens is 144 g/mol. The van der Waals surface area contributed by atoms with E-state index in [1.54, 1.807) is 0 Å². The fourth-order valence-corrected chi connectivity index (χ4v) is 1.06. The van der Waals surface area contributed by atoms with Crippen LogP contribution in [0.3, 0.4) is 0 Å². The maximum absolute atomic E-state index is 4.29. The molecule has 0 saturated heterocycles. The van der Waals surface area contributed by atoms with Crippen LogP contribution in [0.5, 0.6) is 0 Å². The molecule has 0 aliphatic rings. The van der Waals surface area contributed by atoms with Crippen molar-refractivity contribution in [3.8, 4) is 0 Å². The molecule has 1 heterocycles. The Labute approximate surface area is 66.7 Å². The third kappa shape index (κ3) is 1.77. The number of thiol groups is 1. The Morgan fingerprint density at radius 1 is 1.70 bits per heavy atom. The predicted molar refractivity (Wildman–Crippen MR) is 45.5 cm³/mol. The van der Waals surface area contributed by atoms with Gasteiger partial charge in [-0.2, -0.15) is 17.7 Å². The fourth-order valence-electron chi connectivity index (χ4n) is 0.828. The smallest absolute Gasteiger partial charge is 0.0632 e. The SMILES string of the molecule is CCn1ccc(CCS)n1. The molecule has 0 saturated carbocycles. The van der Waals surface area contributed by atoms with Crippen molar-refractivity contribution in [3.05, 3.63) is 18.0 Å². The molecule has 56 valence electrons. The molecular formula is C7H12N2S. The van der Waals surface area contributed by atoms with E-state index >= 15 is 0 Å². The molecule has 1 aromatic rings. The molecule has 0 unspecified atom stereocenters. The lowest BCUT2D eigenvalue weighted by atomic mass is 10.3. The molecule has 2 nitrogen and oxygen atoms in total. The maximum atomic E-state index is 4.29. The average molecular weight is 156 g/mol. The quantitative estimate of drug-likeness (QED) is 0.654. The van der Waals surface area contributed by atoms with Crippen LogP contribution in [0.1, 0.15) is 12.6 Å². The van der Waals surface area contributed by atoms with Gasteiger partial charge in [-0.25, -0.2) is 0 Å². The molecule has 0 fully saturated rings. The molecule has 1 rings (SSSR count). The minimum absolute atomic E-state index is 0.876. The number of aromatic nitrogens is 2. The van der Waals surface area contributed by atoms with Gasteiger partial charge in [0, 0.05) is 19.2 Å². The van der Waals surface area contributed by atoms with E-state index in [4.69, 9.17) is 0 Å². The molecule has 0 aliphatic heterocycles. The highest BCUT2D eigenvalue weighted by Gasteiger charge is 1.94. The van der Waals surface area contributed by atoms with Crippen molar-refractivity contribution in [2.24, 2.45) is 0 Å². The van der Waals surface area contributed by atoms with Crippen LogP contribution in [0.4, 0.5) is 0 Å². The molecule has 0 radical (unpaired) electrons. The molecule has 0 aliphatic carbocycles. The highest BCUT2D eigenvalue weighted by Crippen LogP contribution is 1.97. The van der Waals surface area contributed by atoms with E-state index in [-0.39, 0.29) is 0 Å². The highest BCUT2D eigenvalue weighted by molar-refractivity contribution is 7.80. The molecule has 0 amide bonds. The Morgan fingerprint density at radius 3 is 3.00 bits per heavy atom. The van der Waals surface area contributed by atoms with Crippen molar-refractivity contribution in [2.75, 3.05) is 5.75 Å². The number of nitrogens with zero attached hydrogens (tertiary/aromatic N) is 2. The van der Waals surface area contributed by atoms with E-state index in [9.17, 15) is 0 Å². The predicted octanol–water partition coefficient (Wildman–Crippen LogP) is 1.38. The van der Waals surface area contributed by atoms with Gasteiger partial charge in [0.25, 0.3) is 0 Å². The summed E-state index contributed by atoms with van der Waals surface area (Å²) in [4.78, 5) is 0. The van der Waals surface area contributed by atoms with E-state index in [2.05, 4.69) is 24.7 Å². The number of rotatable bonds is 3. The number of aryl methyl sites for hydroxylation is 2. The second-order valence-corrected chi connectivity index (χ2v) is 2.58. The number of hydrogen-bond acceptors (Lipinski definition) is 2. The lowest BCUT2D eigenvalue weighted by Gasteiger charge is -1.91. The van der Waals surface area contributed by atoms with Gasteiger partial charge in [-0.05, 0) is 18.7 Å². The van der Waals surface area contributed by atoms with Gasteiger partial charge < -0.3 is 0 Å². The Balaban J connectivity index is 2.59. The van der Waals surface area contributed by atoms with Crippen LogP contribution < -0.4 is 0 Å². The Hall–Kier alpha value is -0.440. The van der Waals surface area contributed by atoms with Gasteiger partial charge in [-0.3, -0.25) is 4.68 Å². The van der Waals surface area contributed by atoms with Crippen molar-refractivity contribution >= 4 is 12.6 Å². The van der Waals surface area contributed by atoms with E-state index in [1.807, 2.05) is 16.9 Å². The second-order valence-electron chi connectivity index (χ2n) is 2.14. The van der Waals surface area contributed by atoms with Crippen molar-refractivity contribution in [1.29, 1.82) is 0 Å². The van der Waals surface area contributed by atoms with E-state index in [0.29, 0.717) is 0 Å². The Kier molecular flexibility index (Phi) is 2.81. The summed E-state index contributed by atoms with van der Waals surface area (Å²) in [6.45, 7) is 3.03. The van der Waals surface area contributed by atoms with Crippen molar-refractivity contribution in [3.63, 3.8) is 0 Å². The first-order valence-electron chi connectivity index (χ1n) is 3.50. The van der Waals surface area contributed by atoms with Crippen molar-refractivity contribution < 1.29 is 0 Å². The molecule has 0 N–H and O–H groups in total. The Bertz CT molecular complexity index is 195. The van der Waals surface area contributed by atoms with Crippen LogP contribution >= 0.6 is 12.6 Å². The molecule has 0 aromatic carbocycles. The summed E-state index contributed by atoms with van der Waals surface area (Å²) in [5.41, 5.74) is 1.14. The van der Waals surface area contributed by atoms with Gasteiger partial charge in [0.2, 0.25) is 0 Å². The van der Waals surface area contributed by atoms with Gasteiger partial charge >= 0.3 is 0 Å². The van der Waals surface area contributed by atoms with E-state index in [0.717, 1.165) is 24.4 Å². The second kappa shape index (κ2) is 3.66. The summed E-state index contributed by atoms with van der Waals surface area (Å²) in [6.07, 6.45) is 2.97. The third-order valence-corrected chi connectivity index (χ3v) is 1.61. The zero-order valence-corrected chi connectivity index (χ0v) is 7.01. The minimum atomic E-state index is 0.876. The molecule has 0 spiro atoms. The largest absolute Gasteiger partial charge is 0.273 e. The first-order valence-corrected chi connectivity index (χ1v) is 4.13. The lowest BCUT2D eigenvalue weighted by Crippen LogP contribution is -1.95. The van der Waals surface area contributed by atoms with Gasteiger partial charge in [0.1, 0.15) is 0 Å². The minimum Gasteiger partial charge on any atom is -0.273 e. The van der Waals surface area contributed by atoms with Crippen LogP contribution in [0, 0.1) is 0 Å². The van der Waals surface area contributed by atoms with Crippen LogP contribution in [-0.2, 0) is 13.0 Å². The maximum Gasteiger partial charge on any atom is 0.0632 e. The lowest BCUT2D eigenvalue weighted by molar-refractivity contribution is 0.649. The summed E-state index contributed by atoms with van der Waals surface area (Å²) in [5, 5.41) is 4.29. The zero-order chi connectivity index (χ0) is 7.40. The van der Waals surface area contributed by atoms with Crippen LogP contribution in [-0.4, -0.2) is 15.5 Å². The first-order chi connectivity index (χ1) is 4.86. The van der Waals surface area contributed by atoms with Crippen LogP contribution in [0.25, 0.3) is 0 Å². The van der Waals surface area contributed by atoms with Crippen LogP contribution in [0.2, 0.25) is 0 Å². The van der Waals surface area contributed by atoms with E-state index in [1.165, 1.54) is 0 Å². The van der Waals surface area contributed by atoms with Crippen LogP contribution in [0.15, 0.2) is 12.3 Å². The standard InChI is InChI=1S/C7H12N2S/c1-2-9-5-3-7(8-9)4-6-10/h3,5,10H,2,4,6H2,1H3. The topological polar surface area (TPSA) is 17.8 Å².